The summed E-state index contributed by atoms with van der Waals surface area (Å²) in [6.07, 6.45) is 0.969. The van der Waals surface area contributed by atoms with Crippen LogP contribution < -0.4 is 15.4 Å². The Hall–Kier alpha value is -1.92. The Bertz CT molecular complexity index is 727. The first-order chi connectivity index (χ1) is 12.1. The van der Waals surface area contributed by atoms with Crippen LogP contribution in [0, 0.1) is 12.8 Å². The van der Waals surface area contributed by atoms with Gasteiger partial charge in [0.15, 0.2) is 0 Å². The number of nitrogens with one attached hydrogen (secondary N) is 2. The van der Waals surface area contributed by atoms with Gasteiger partial charge in [-0.3, -0.25) is 4.79 Å². The average molecular weight is 359 g/mol. The smallest absolute Gasteiger partial charge is 0.263 e. The van der Waals surface area contributed by atoms with Crippen LogP contribution in [0.5, 0.6) is 5.75 Å². The van der Waals surface area contributed by atoms with Crippen LogP contribution in [0.1, 0.15) is 35.6 Å². The monoisotopic (exact) mass is 359 g/mol. The molecular weight excluding hydrogens is 334 g/mol. The van der Waals surface area contributed by atoms with Gasteiger partial charge >= 0.3 is 0 Å². The van der Waals surface area contributed by atoms with Gasteiger partial charge in [0.2, 0.25) is 0 Å². The van der Waals surface area contributed by atoms with Crippen molar-refractivity contribution in [2.75, 3.05) is 19.7 Å². The fourth-order valence-electron chi connectivity index (χ4n) is 3.05. The van der Waals surface area contributed by atoms with E-state index in [1.54, 1.807) is 0 Å². The summed E-state index contributed by atoms with van der Waals surface area (Å²) < 4.78 is 5.47. The van der Waals surface area contributed by atoms with Gasteiger partial charge in [-0.25, -0.2) is 4.98 Å². The fourth-order valence-corrected chi connectivity index (χ4v) is 4.03. The molecule has 1 aliphatic rings. The second-order valence-corrected chi connectivity index (χ2v) is 7.44. The van der Waals surface area contributed by atoms with Crippen molar-refractivity contribution in [2.24, 2.45) is 5.92 Å². The van der Waals surface area contributed by atoms with Gasteiger partial charge in [0.25, 0.3) is 5.91 Å². The van der Waals surface area contributed by atoms with Crippen molar-refractivity contribution in [2.45, 2.75) is 33.2 Å². The van der Waals surface area contributed by atoms with Crippen LogP contribution in [0.25, 0.3) is 10.6 Å². The Morgan fingerprint density at radius 2 is 2.16 bits per heavy atom. The number of benzene rings is 1. The summed E-state index contributed by atoms with van der Waals surface area (Å²) in [4.78, 5) is 18.0. The predicted octanol–water partition coefficient (Wildman–Crippen LogP) is 3.25. The molecular formula is C19H25N3O2S. The summed E-state index contributed by atoms with van der Waals surface area (Å²) >= 11 is 1.45. The zero-order valence-electron chi connectivity index (χ0n) is 15.0. The second-order valence-electron chi connectivity index (χ2n) is 6.44. The number of thiazole rings is 1. The number of rotatable bonds is 5. The van der Waals surface area contributed by atoms with Crippen molar-refractivity contribution in [3.63, 3.8) is 0 Å². The van der Waals surface area contributed by atoms with Crippen LogP contribution in [0.15, 0.2) is 24.3 Å². The number of piperidine rings is 1. The molecule has 2 atom stereocenters. The van der Waals surface area contributed by atoms with Gasteiger partial charge in [-0.15, -0.1) is 11.3 Å². The minimum Gasteiger partial charge on any atom is -0.494 e. The molecule has 5 nitrogen and oxygen atoms in total. The lowest BCUT2D eigenvalue weighted by Crippen LogP contribution is -2.48. The van der Waals surface area contributed by atoms with Crippen molar-refractivity contribution >= 4 is 17.2 Å². The molecule has 0 radical (unpaired) electrons. The third kappa shape index (κ3) is 4.19. The summed E-state index contributed by atoms with van der Waals surface area (Å²) in [6, 6.07) is 8.07. The zero-order valence-corrected chi connectivity index (χ0v) is 15.8. The molecule has 6 heteroatoms. The SMILES string of the molecule is CCOc1ccc(-c2nc(C)c(C(=O)NC3CCNCC3C)s2)cc1. The van der Waals surface area contributed by atoms with Gasteiger partial charge in [0.05, 0.1) is 12.3 Å². The maximum atomic E-state index is 12.7. The summed E-state index contributed by atoms with van der Waals surface area (Å²) in [5.41, 5.74) is 1.79. The average Bonchev–Trinajstić information content (AvgIpc) is 3.00. The van der Waals surface area contributed by atoms with Crippen molar-refractivity contribution in [1.29, 1.82) is 0 Å². The molecule has 0 bridgehead atoms. The van der Waals surface area contributed by atoms with Crippen LogP contribution >= 0.6 is 11.3 Å². The molecule has 1 saturated heterocycles. The summed E-state index contributed by atoms with van der Waals surface area (Å²) in [7, 11) is 0. The van der Waals surface area contributed by atoms with E-state index in [4.69, 9.17) is 4.74 Å². The van der Waals surface area contributed by atoms with E-state index in [0.717, 1.165) is 41.5 Å². The Balaban J connectivity index is 1.74. The molecule has 1 aliphatic heterocycles. The lowest BCUT2D eigenvalue weighted by atomic mass is 9.95. The lowest BCUT2D eigenvalue weighted by Gasteiger charge is -2.30. The summed E-state index contributed by atoms with van der Waals surface area (Å²) in [5, 5.41) is 7.41. The highest BCUT2D eigenvalue weighted by molar-refractivity contribution is 7.17. The zero-order chi connectivity index (χ0) is 17.8. The first-order valence-electron chi connectivity index (χ1n) is 8.80. The Morgan fingerprint density at radius 3 is 2.84 bits per heavy atom. The minimum absolute atomic E-state index is 0.00839. The van der Waals surface area contributed by atoms with Gasteiger partial charge in [-0.05, 0) is 63.5 Å². The van der Waals surface area contributed by atoms with Crippen molar-refractivity contribution in [1.82, 2.24) is 15.6 Å². The van der Waals surface area contributed by atoms with Crippen LogP contribution in [0.2, 0.25) is 0 Å². The number of nitrogens with zero attached hydrogens (tertiary/aromatic N) is 1. The minimum atomic E-state index is -0.00839. The molecule has 2 unspecified atom stereocenters. The molecule has 0 aliphatic carbocycles. The standard InChI is InChI=1S/C19H25N3O2S/c1-4-24-15-7-5-14(6-8-15)19-21-13(3)17(25-19)18(23)22-16-9-10-20-11-12(16)2/h5-8,12,16,20H,4,9-11H2,1-3H3,(H,22,23). The molecule has 2 N–H and O–H groups in total. The largest absolute Gasteiger partial charge is 0.494 e. The summed E-state index contributed by atoms with van der Waals surface area (Å²) in [6.45, 7) is 8.58. The Labute approximate surface area is 152 Å². The van der Waals surface area contributed by atoms with E-state index in [9.17, 15) is 4.79 Å². The van der Waals surface area contributed by atoms with E-state index in [-0.39, 0.29) is 11.9 Å². The molecule has 3 rings (SSSR count). The highest BCUT2D eigenvalue weighted by Crippen LogP contribution is 2.29. The van der Waals surface area contributed by atoms with Crippen LogP contribution in [-0.4, -0.2) is 36.6 Å². The highest BCUT2D eigenvalue weighted by atomic mass is 32.1. The molecule has 134 valence electrons. The first kappa shape index (κ1) is 17.9. The number of hydrogen-bond donors (Lipinski definition) is 2. The molecule has 2 heterocycles. The number of aromatic nitrogens is 1. The number of aryl methyl sites for hydroxylation is 1. The molecule has 1 amide bonds. The predicted molar refractivity (Wildman–Crippen MR) is 101 cm³/mol. The molecule has 1 fully saturated rings. The van der Waals surface area contributed by atoms with E-state index in [2.05, 4.69) is 22.5 Å². The maximum Gasteiger partial charge on any atom is 0.263 e. The maximum absolute atomic E-state index is 12.7. The third-order valence-electron chi connectivity index (χ3n) is 4.52. The molecule has 25 heavy (non-hydrogen) atoms. The van der Waals surface area contributed by atoms with Gasteiger partial charge in [0.1, 0.15) is 15.6 Å². The molecule has 1 aromatic heterocycles. The van der Waals surface area contributed by atoms with E-state index in [1.165, 1.54) is 11.3 Å². The summed E-state index contributed by atoms with van der Waals surface area (Å²) in [5.74, 6) is 1.28. The fraction of sp³-hybridized carbons (Fsp3) is 0.474. The number of carbonyl (C=O) groups is 1. The third-order valence-corrected chi connectivity index (χ3v) is 5.72. The normalized spacial score (nSPS) is 20.3. The first-order valence-corrected chi connectivity index (χ1v) is 9.62. The van der Waals surface area contributed by atoms with Crippen LogP contribution in [0.3, 0.4) is 0 Å². The van der Waals surface area contributed by atoms with Gasteiger partial charge in [-0.2, -0.15) is 0 Å². The molecule has 0 spiro atoms. The van der Waals surface area contributed by atoms with Gasteiger partial charge in [0, 0.05) is 11.6 Å². The number of ether oxygens (including phenoxy) is 1. The number of hydrogen-bond acceptors (Lipinski definition) is 5. The lowest BCUT2D eigenvalue weighted by molar-refractivity contribution is 0.0917. The number of amides is 1. The van der Waals surface area contributed by atoms with Crippen molar-refractivity contribution in [3.8, 4) is 16.3 Å². The highest BCUT2D eigenvalue weighted by Gasteiger charge is 2.25. The van der Waals surface area contributed by atoms with Crippen LogP contribution in [-0.2, 0) is 0 Å². The quantitative estimate of drug-likeness (QED) is 0.860. The Morgan fingerprint density at radius 1 is 1.40 bits per heavy atom. The topological polar surface area (TPSA) is 63.2 Å². The molecule has 1 aromatic carbocycles. The van der Waals surface area contributed by atoms with E-state index >= 15 is 0 Å². The second kappa shape index (κ2) is 7.97. The number of carbonyl (C=O) groups excluding carboxylic acids is 1. The van der Waals surface area contributed by atoms with Gasteiger partial charge < -0.3 is 15.4 Å². The molecule has 2 aromatic rings. The van der Waals surface area contributed by atoms with Crippen molar-refractivity contribution in [3.05, 3.63) is 34.8 Å². The van der Waals surface area contributed by atoms with E-state index in [1.807, 2.05) is 38.1 Å². The van der Waals surface area contributed by atoms with Crippen LogP contribution in [0.4, 0.5) is 0 Å². The van der Waals surface area contributed by atoms with Crippen molar-refractivity contribution < 1.29 is 9.53 Å². The van der Waals surface area contributed by atoms with E-state index < -0.39 is 0 Å². The molecule has 0 saturated carbocycles. The van der Waals surface area contributed by atoms with E-state index in [0.29, 0.717) is 17.4 Å². The Kier molecular flexibility index (Phi) is 5.71. The van der Waals surface area contributed by atoms with Gasteiger partial charge in [-0.1, -0.05) is 6.92 Å².